The smallest absolute Gasteiger partial charge is 0.248 e. The van der Waals surface area contributed by atoms with E-state index >= 15 is 0 Å². The number of fused-ring (bicyclic) bond motifs is 1. The van der Waals surface area contributed by atoms with E-state index < -0.39 is 0 Å². The van der Waals surface area contributed by atoms with Crippen LogP contribution >= 0.6 is 0 Å². The van der Waals surface area contributed by atoms with Gasteiger partial charge in [-0.1, -0.05) is 13.8 Å². The Kier molecular flexibility index (Phi) is 3.01. The van der Waals surface area contributed by atoms with Gasteiger partial charge in [0.2, 0.25) is 5.91 Å². The Morgan fingerprint density at radius 1 is 1.40 bits per heavy atom. The minimum atomic E-state index is 0.159. The van der Waals surface area contributed by atoms with Crippen LogP contribution in [0, 0.1) is 23.7 Å². The van der Waals surface area contributed by atoms with Crippen molar-refractivity contribution < 1.29 is 9.53 Å². The van der Waals surface area contributed by atoms with Crippen molar-refractivity contribution in [3.8, 4) is 0 Å². The largest absolute Gasteiger partial charge is 0.375 e. The average Bonchev–Trinajstić information content (AvgIpc) is 2.70. The van der Waals surface area contributed by atoms with Crippen LogP contribution in [0.3, 0.4) is 0 Å². The fourth-order valence-electron chi connectivity index (χ4n) is 3.27. The van der Waals surface area contributed by atoms with E-state index in [-0.39, 0.29) is 12.5 Å². The van der Waals surface area contributed by atoms with Crippen molar-refractivity contribution >= 4 is 5.91 Å². The van der Waals surface area contributed by atoms with E-state index in [2.05, 4.69) is 13.8 Å². The molecular weight excluding hydrogens is 190 g/mol. The van der Waals surface area contributed by atoms with Gasteiger partial charge in [-0.15, -0.1) is 0 Å². The summed E-state index contributed by atoms with van der Waals surface area (Å²) < 4.78 is 4.89. The molecule has 15 heavy (non-hydrogen) atoms. The van der Waals surface area contributed by atoms with Gasteiger partial charge in [-0.2, -0.15) is 0 Å². The lowest BCUT2D eigenvalue weighted by molar-refractivity contribution is -0.134. The molecule has 1 heterocycles. The van der Waals surface area contributed by atoms with E-state index in [0.717, 1.165) is 36.8 Å². The molecule has 2 fully saturated rings. The van der Waals surface area contributed by atoms with Crippen molar-refractivity contribution in [2.75, 3.05) is 26.8 Å². The van der Waals surface area contributed by atoms with Gasteiger partial charge >= 0.3 is 0 Å². The van der Waals surface area contributed by atoms with Crippen LogP contribution in [0.2, 0.25) is 0 Å². The molecule has 1 aliphatic heterocycles. The molecule has 0 bridgehead atoms. The van der Waals surface area contributed by atoms with Gasteiger partial charge in [-0.25, -0.2) is 0 Å². The lowest BCUT2D eigenvalue weighted by Crippen LogP contribution is -2.33. The van der Waals surface area contributed by atoms with Crippen LogP contribution in [0.15, 0.2) is 0 Å². The first kappa shape index (κ1) is 10.9. The SMILES string of the molecule is COCC(=O)N1C[C@H]2C[C@@H](C)[C@H](C)[C@H]2C1. The van der Waals surface area contributed by atoms with Gasteiger partial charge in [0.1, 0.15) is 6.61 Å². The number of likely N-dealkylation sites (tertiary alicyclic amines) is 1. The van der Waals surface area contributed by atoms with Crippen molar-refractivity contribution in [1.29, 1.82) is 0 Å². The topological polar surface area (TPSA) is 29.5 Å². The molecule has 1 amide bonds. The first-order valence-corrected chi connectivity index (χ1v) is 5.90. The van der Waals surface area contributed by atoms with E-state index in [1.54, 1.807) is 7.11 Å². The first-order chi connectivity index (χ1) is 7.13. The number of hydrogen-bond donors (Lipinski definition) is 0. The third-order valence-corrected chi connectivity index (χ3v) is 4.36. The summed E-state index contributed by atoms with van der Waals surface area (Å²) in [4.78, 5) is 13.7. The van der Waals surface area contributed by atoms with Gasteiger partial charge in [0.05, 0.1) is 0 Å². The summed E-state index contributed by atoms with van der Waals surface area (Å²) in [6.07, 6.45) is 1.29. The predicted molar refractivity (Wildman–Crippen MR) is 58.4 cm³/mol. The number of ether oxygens (including phenoxy) is 1. The van der Waals surface area contributed by atoms with Crippen molar-refractivity contribution in [3.63, 3.8) is 0 Å². The molecule has 1 saturated heterocycles. The quantitative estimate of drug-likeness (QED) is 0.690. The van der Waals surface area contributed by atoms with Crippen molar-refractivity contribution in [1.82, 2.24) is 4.90 Å². The maximum atomic E-state index is 11.7. The highest BCUT2D eigenvalue weighted by atomic mass is 16.5. The van der Waals surface area contributed by atoms with E-state index in [1.165, 1.54) is 6.42 Å². The zero-order valence-corrected chi connectivity index (χ0v) is 9.90. The Labute approximate surface area is 91.8 Å². The Bertz CT molecular complexity index is 254. The molecular formula is C12H21NO2. The molecule has 0 aromatic carbocycles. The van der Waals surface area contributed by atoms with E-state index in [4.69, 9.17) is 4.74 Å². The summed E-state index contributed by atoms with van der Waals surface area (Å²) in [5, 5.41) is 0. The fraction of sp³-hybridized carbons (Fsp3) is 0.917. The number of hydrogen-bond acceptors (Lipinski definition) is 2. The highest BCUT2D eigenvalue weighted by Gasteiger charge is 2.45. The lowest BCUT2D eigenvalue weighted by atomic mass is 9.91. The Balaban J connectivity index is 1.94. The summed E-state index contributed by atoms with van der Waals surface area (Å²) in [5.74, 6) is 3.25. The maximum Gasteiger partial charge on any atom is 0.248 e. The second kappa shape index (κ2) is 4.12. The summed E-state index contributed by atoms with van der Waals surface area (Å²) in [7, 11) is 1.58. The number of amides is 1. The van der Waals surface area contributed by atoms with E-state index in [0.29, 0.717) is 0 Å². The molecule has 0 spiro atoms. The molecule has 3 nitrogen and oxygen atoms in total. The summed E-state index contributed by atoms with van der Waals surface area (Å²) in [5.41, 5.74) is 0. The van der Waals surface area contributed by atoms with Crippen LogP contribution in [0.5, 0.6) is 0 Å². The molecule has 0 aromatic heterocycles. The zero-order chi connectivity index (χ0) is 11.0. The zero-order valence-electron chi connectivity index (χ0n) is 9.90. The first-order valence-electron chi connectivity index (χ1n) is 5.90. The third-order valence-electron chi connectivity index (χ3n) is 4.36. The van der Waals surface area contributed by atoms with Crippen LogP contribution in [0.4, 0.5) is 0 Å². The second-order valence-electron chi connectivity index (χ2n) is 5.23. The van der Waals surface area contributed by atoms with Crippen LogP contribution < -0.4 is 0 Å². The van der Waals surface area contributed by atoms with Crippen LogP contribution in [-0.4, -0.2) is 37.6 Å². The molecule has 0 radical (unpaired) electrons. The summed E-state index contributed by atoms with van der Waals surface area (Å²) in [6, 6.07) is 0. The van der Waals surface area contributed by atoms with Gasteiger partial charge in [0, 0.05) is 20.2 Å². The minimum absolute atomic E-state index is 0.159. The van der Waals surface area contributed by atoms with Gasteiger partial charge in [0.15, 0.2) is 0 Å². The van der Waals surface area contributed by atoms with Gasteiger partial charge < -0.3 is 9.64 Å². The normalized spacial score (nSPS) is 39.5. The fourth-order valence-corrected chi connectivity index (χ4v) is 3.27. The second-order valence-corrected chi connectivity index (χ2v) is 5.23. The van der Waals surface area contributed by atoms with Crippen LogP contribution in [0.25, 0.3) is 0 Å². The monoisotopic (exact) mass is 211 g/mol. The molecule has 4 atom stereocenters. The molecule has 3 heteroatoms. The standard InChI is InChI=1S/C12H21NO2/c1-8-4-10-5-13(12(14)7-15-3)6-11(10)9(8)2/h8-11H,4-7H2,1-3H3/t8-,9+,10-,11-/m1/s1. The van der Waals surface area contributed by atoms with Crippen molar-refractivity contribution in [2.24, 2.45) is 23.7 Å². The highest BCUT2D eigenvalue weighted by molar-refractivity contribution is 5.77. The van der Waals surface area contributed by atoms with Crippen LogP contribution in [-0.2, 0) is 9.53 Å². The molecule has 86 valence electrons. The lowest BCUT2D eigenvalue weighted by Gasteiger charge is -2.20. The molecule has 0 N–H and O–H groups in total. The number of nitrogens with zero attached hydrogens (tertiary/aromatic N) is 1. The van der Waals surface area contributed by atoms with E-state index in [9.17, 15) is 4.79 Å². The number of methoxy groups -OCH3 is 1. The summed E-state index contributed by atoms with van der Waals surface area (Å²) in [6.45, 7) is 6.83. The van der Waals surface area contributed by atoms with Gasteiger partial charge in [-0.3, -0.25) is 4.79 Å². The molecule has 2 rings (SSSR count). The van der Waals surface area contributed by atoms with Gasteiger partial charge in [0.25, 0.3) is 0 Å². The predicted octanol–water partition coefficient (Wildman–Crippen LogP) is 1.38. The maximum absolute atomic E-state index is 11.7. The number of carbonyl (C=O) groups is 1. The molecule has 0 aromatic rings. The molecule has 0 unspecified atom stereocenters. The highest BCUT2D eigenvalue weighted by Crippen LogP contribution is 2.45. The Morgan fingerprint density at radius 3 is 2.73 bits per heavy atom. The van der Waals surface area contributed by atoms with Crippen molar-refractivity contribution in [2.45, 2.75) is 20.3 Å². The third kappa shape index (κ3) is 1.89. The van der Waals surface area contributed by atoms with Crippen molar-refractivity contribution in [3.05, 3.63) is 0 Å². The average molecular weight is 211 g/mol. The van der Waals surface area contributed by atoms with Crippen LogP contribution in [0.1, 0.15) is 20.3 Å². The van der Waals surface area contributed by atoms with E-state index in [1.807, 2.05) is 4.90 Å². The molecule has 2 aliphatic rings. The molecule has 1 aliphatic carbocycles. The summed E-state index contributed by atoms with van der Waals surface area (Å²) >= 11 is 0. The Hall–Kier alpha value is -0.570. The molecule has 1 saturated carbocycles. The number of rotatable bonds is 2. The minimum Gasteiger partial charge on any atom is -0.375 e. The number of carbonyl (C=O) groups excluding carboxylic acids is 1. The van der Waals surface area contributed by atoms with Gasteiger partial charge in [-0.05, 0) is 30.1 Å². The Morgan fingerprint density at radius 2 is 2.13 bits per heavy atom.